The first-order chi connectivity index (χ1) is 7.72. The number of carbonyl (C=O) groups is 1. The lowest BCUT2D eigenvalue weighted by atomic mass is 10.3. The minimum Gasteiger partial charge on any atom is -0.484 e. The first kappa shape index (κ1) is 13.0. The van der Waals surface area contributed by atoms with E-state index in [0.29, 0.717) is 18.8 Å². The monoisotopic (exact) mass is 286 g/mol. The van der Waals surface area contributed by atoms with Gasteiger partial charge in [-0.3, -0.25) is 4.79 Å². The molecule has 0 fully saturated rings. The minimum absolute atomic E-state index is 0.0288. The average molecular weight is 287 g/mol. The van der Waals surface area contributed by atoms with Gasteiger partial charge in [0.25, 0.3) is 5.91 Å². The van der Waals surface area contributed by atoms with Crippen LogP contribution in [0.5, 0.6) is 5.75 Å². The van der Waals surface area contributed by atoms with Gasteiger partial charge in [-0.2, -0.15) is 0 Å². The molecule has 0 radical (unpaired) electrons. The number of nitrogens with two attached hydrogens (primary N) is 1. The van der Waals surface area contributed by atoms with Crippen LogP contribution in [-0.2, 0) is 4.79 Å². The fourth-order valence-corrected chi connectivity index (χ4v) is 1.46. The lowest BCUT2D eigenvalue weighted by Crippen LogP contribution is -2.30. The van der Waals surface area contributed by atoms with Gasteiger partial charge < -0.3 is 15.8 Å². The largest absolute Gasteiger partial charge is 0.484 e. The normalized spacial score (nSPS) is 9.88. The Kier molecular flexibility index (Phi) is 5.88. The van der Waals surface area contributed by atoms with E-state index in [9.17, 15) is 4.79 Å². The Hall–Kier alpha value is -1.07. The molecular weight excluding hydrogens is 272 g/mol. The van der Waals surface area contributed by atoms with Gasteiger partial charge in [-0.15, -0.1) is 0 Å². The van der Waals surface area contributed by atoms with Crippen molar-refractivity contribution < 1.29 is 9.53 Å². The molecule has 1 aromatic carbocycles. The van der Waals surface area contributed by atoms with Crippen LogP contribution >= 0.6 is 15.9 Å². The van der Waals surface area contributed by atoms with Crippen molar-refractivity contribution in [2.24, 2.45) is 5.73 Å². The molecule has 0 aromatic heterocycles. The molecule has 0 atom stereocenters. The topological polar surface area (TPSA) is 64.3 Å². The number of nitrogens with one attached hydrogen (secondary N) is 1. The molecule has 0 aliphatic carbocycles. The van der Waals surface area contributed by atoms with Gasteiger partial charge in [-0.25, -0.2) is 0 Å². The number of hydrogen-bond acceptors (Lipinski definition) is 3. The average Bonchev–Trinajstić information content (AvgIpc) is 2.27. The molecule has 3 N–H and O–H groups in total. The molecule has 0 saturated carbocycles. The van der Waals surface area contributed by atoms with Gasteiger partial charge >= 0.3 is 0 Å². The maximum atomic E-state index is 11.3. The van der Waals surface area contributed by atoms with Crippen molar-refractivity contribution in [3.8, 4) is 5.75 Å². The highest BCUT2D eigenvalue weighted by Crippen LogP contribution is 2.17. The Morgan fingerprint density at radius 1 is 1.50 bits per heavy atom. The number of halogens is 1. The number of ether oxygens (including phenoxy) is 1. The van der Waals surface area contributed by atoms with Crippen molar-refractivity contribution in [2.75, 3.05) is 19.7 Å². The van der Waals surface area contributed by atoms with Gasteiger partial charge in [0.2, 0.25) is 0 Å². The van der Waals surface area contributed by atoms with Crippen LogP contribution in [-0.4, -0.2) is 25.6 Å². The quantitative estimate of drug-likeness (QED) is 0.775. The second-order valence-electron chi connectivity index (χ2n) is 3.24. The fraction of sp³-hybridized carbons (Fsp3) is 0.364. The molecule has 0 heterocycles. The highest BCUT2D eigenvalue weighted by Gasteiger charge is 2.01. The molecule has 0 spiro atoms. The molecule has 0 bridgehead atoms. The molecule has 0 saturated heterocycles. The minimum atomic E-state index is -0.131. The first-order valence-electron chi connectivity index (χ1n) is 5.07. The summed E-state index contributed by atoms with van der Waals surface area (Å²) in [6, 6.07) is 7.37. The van der Waals surface area contributed by atoms with Crippen molar-refractivity contribution in [1.29, 1.82) is 0 Å². The van der Waals surface area contributed by atoms with Crippen LogP contribution in [0, 0.1) is 0 Å². The highest BCUT2D eigenvalue weighted by atomic mass is 79.9. The second-order valence-corrected chi connectivity index (χ2v) is 4.15. The van der Waals surface area contributed by atoms with Crippen LogP contribution in [0.25, 0.3) is 0 Å². The number of rotatable bonds is 6. The van der Waals surface area contributed by atoms with E-state index >= 15 is 0 Å². The van der Waals surface area contributed by atoms with Gasteiger partial charge in [0.1, 0.15) is 5.75 Å². The predicted octanol–water partition coefficient (Wildman–Crippen LogP) is 1.29. The third-order valence-corrected chi connectivity index (χ3v) is 2.36. The zero-order chi connectivity index (χ0) is 11.8. The third kappa shape index (κ3) is 5.14. The molecule has 16 heavy (non-hydrogen) atoms. The Morgan fingerprint density at radius 3 is 3.00 bits per heavy atom. The number of amides is 1. The van der Waals surface area contributed by atoms with Crippen molar-refractivity contribution in [2.45, 2.75) is 6.42 Å². The molecule has 4 nitrogen and oxygen atoms in total. The van der Waals surface area contributed by atoms with Gasteiger partial charge in [-0.1, -0.05) is 22.0 Å². The molecule has 0 aliphatic heterocycles. The van der Waals surface area contributed by atoms with E-state index in [-0.39, 0.29) is 12.5 Å². The summed E-state index contributed by atoms with van der Waals surface area (Å²) >= 11 is 3.33. The maximum absolute atomic E-state index is 11.3. The molecule has 1 aromatic rings. The van der Waals surface area contributed by atoms with E-state index < -0.39 is 0 Å². The van der Waals surface area contributed by atoms with Crippen molar-refractivity contribution in [1.82, 2.24) is 5.32 Å². The summed E-state index contributed by atoms with van der Waals surface area (Å²) < 4.78 is 6.23. The van der Waals surface area contributed by atoms with Gasteiger partial charge in [-0.05, 0) is 31.2 Å². The smallest absolute Gasteiger partial charge is 0.257 e. The summed E-state index contributed by atoms with van der Waals surface area (Å²) in [4.78, 5) is 11.3. The van der Waals surface area contributed by atoms with Crippen molar-refractivity contribution in [3.05, 3.63) is 28.7 Å². The van der Waals surface area contributed by atoms with E-state index in [4.69, 9.17) is 10.5 Å². The summed E-state index contributed by atoms with van der Waals surface area (Å²) in [7, 11) is 0. The van der Waals surface area contributed by atoms with Crippen LogP contribution in [0.15, 0.2) is 28.7 Å². The Bertz CT molecular complexity index is 345. The van der Waals surface area contributed by atoms with Crippen LogP contribution < -0.4 is 15.8 Å². The zero-order valence-corrected chi connectivity index (χ0v) is 10.5. The Labute approximate surface area is 103 Å². The van der Waals surface area contributed by atoms with E-state index in [2.05, 4.69) is 21.2 Å². The van der Waals surface area contributed by atoms with Crippen LogP contribution in [0.4, 0.5) is 0 Å². The van der Waals surface area contributed by atoms with Crippen LogP contribution in [0.2, 0.25) is 0 Å². The second kappa shape index (κ2) is 7.24. The standard InChI is InChI=1S/C11H15BrN2O2/c12-9-3-1-4-10(7-9)16-8-11(15)14-6-2-5-13/h1,3-4,7H,2,5-6,8,13H2,(H,14,15). The van der Waals surface area contributed by atoms with Crippen LogP contribution in [0.3, 0.4) is 0 Å². The summed E-state index contributed by atoms with van der Waals surface area (Å²) in [5.41, 5.74) is 5.31. The van der Waals surface area contributed by atoms with E-state index in [0.717, 1.165) is 10.9 Å². The maximum Gasteiger partial charge on any atom is 0.257 e. The lowest BCUT2D eigenvalue weighted by Gasteiger charge is -2.07. The summed E-state index contributed by atoms with van der Waals surface area (Å²) in [5, 5.41) is 2.71. The molecule has 0 aliphatic rings. The fourth-order valence-electron chi connectivity index (χ4n) is 1.09. The number of benzene rings is 1. The molecule has 1 rings (SSSR count). The van der Waals surface area contributed by atoms with Crippen LogP contribution in [0.1, 0.15) is 6.42 Å². The molecule has 88 valence electrons. The van der Waals surface area contributed by atoms with E-state index in [1.165, 1.54) is 0 Å². The molecule has 1 amide bonds. The highest BCUT2D eigenvalue weighted by molar-refractivity contribution is 9.10. The summed E-state index contributed by atoms with van der Waals surface area (Å²) in [6.07, 6.45) is 0.780. The van der Waals surface area contributed by atoms with Gasteiger partial charge in [0, 0.05) is 11.0 Å². The Balaban J connectivity index is 2.26. The van der Waals surface area contributed by atoms with E-state index in [1.807, 2.05) is 18.2 Å². The Morgan fingerprint density at radius 2 is 2.31 bits per heavy atom. The number of carbonyl (C=O) groups excluding carboxylic acids is 1. The van der Waals surface area contributed by atoms with E-state index in [1.54, 1.807) is 6.07 Å². The SMILES string of the molecule is NCCCNC(=O)COc1cccc(Br)c1. The van der Waals surface area contributed by atoms with Gasteiger partial charge in [0.15, 0.2) is 6.61 Å². The molecular formula is C11H15BrN2O2. The van der Waals surface area contributed by atoms with Crippen molar-refractivity contribution >= 4 is 21.8 Å². The zero-order valence-electron chi connectivity index (χ0n) is 8.91. The van der Waals surface area contributed by atoms with Crippen molar-refractivity contribution in [3.63, 3.8) is 0 Å². The third-order valence-electron chi connectivity index (χ3n) is 1.87. The summed E-state index contributed by atoms with van der Waals surface area (Å²) in [6.45, 7) is 1.20. The lowest BCUT2D eigenvalue weighted by molar-refractivity contribution is -0.123. The van der Waals surface area contributed by atoms with Gasteiger partial charge in [0.05, 0.1) is 0 Å². The number of hydrogen-bond donors (Lipinski definition) is 2. The molecule has 0 unspecified atom stereocenters. The molecule has 5 heteroatoms. The first-order valence-corrected chi connectivity index (χ1v) is 5.87. The summed E-state index contributed by atoms with van der Waals surface area (Å²) in [5.74, 6) is 0.539. The predicted molar refractivity (Wildman–Crippen MR) is 66.3 cm³/mol.